The number of aryl methyl sites for hydroxylation is 1. The Morgan fingerprint density at radius 3 is 2.80 bits per heavy atom. The Balaban J connectivity index is 2.64. The zero-order chi connectivity index (χ0) is 10.8. The molecule has 0 aliphatic carbocycles. The zero-order valence-electron chi connectivity index (χ0n) is 8.24. The quantitative estimate of drug-likeness (QED) is 0.722. The van der Waals surface area contributed by atoms with Gasteiger partial charge in [-0.25, -0.2) is 4.98 Å². The highest BCUT2D eigenvalue weighted by atomic mass is 19.1. The van der Waals surface area contributed by atoms with Crippen molar-refractivity contribution < 1.29 is 4.39 Å². The van der Waals surface area contributed by atoms with E-state index >= 15 is 0 Å². The first-order valence-corrected chi connectivity index (χ1v) is 4.50. The Labute approximate surface area is 86.8 Å². The predicted octanol–water partition coefficient (Wildman–Crippen LogP) is 2.17. The van der Waals surface area contributed by atoms with Gasteiger partial charge in [0.15, 0.2) is 0 Å². The minimum absolute atomic E-state index is 0.412. The molecule has 2 aromatic rings. The molecule has 0 aliphatic rings. The second-order valence-electron chi connectivity index (χ2n) is 3.31. The monoisotopic (exact) mass is 203 g/mol. The number of hydrogen-bond donors (Lipinski definition) is 1. The van der Waals surface area contributed by atoms with Crippen LogP contribution >= 0.6 is 0 Å². The minimum Gasteiger partial charge on any atom is -0.397 e. The van der Waals surface area contributed by atoms with Crippen LogP contribution in [0.5, 0.6) is 0 Å². The fraction of sp³-hybridized carbons (Fsp3) is 0.0909. The van der Waals surface area contributed by atoms with Gasteiger partial charge in [-0.15, -0.1) is 0 Å². The number of nitrogens with two attached hydrogens (primary N) is 1. The fourth-order valence-electron chi connectivity index (χ4n) is 1.39. The predicted molar refractivity (Wildman–Crippen MR) is 56.6 cm³/mol. The molecule has 0 aromatic carbocycles. The molecule has 2 heterocycles. The van der Waals surface area contributed by atoms with Crippen LogP contribution in [0.15, 0.2) is 30.7 Å². The van der Waals surface area contributed by atoms with Crippen molar-refractivity contribution in [2.45, 2.75) is 6.92 Å². The first-order valence-electron chi connectivity index (χ1n) is 4.50. The lowest BCUT2D eigenvalue weighted by molar-refractivity contribution is 0.587. The number of rotatable bonds is 1. The topological polar surface area (TPSA) is 51.8 Å². The Morgan fingerprint density at radius 2 is 2.07 bits per heavy atom. The molecule has 0 radical (unpaired) electrons. The van der Waals surface area contributed by atoms with E-state index in [-0.39, 0.29) is 0 Å². The minimum atomic E-state index is -0.515. The second-order valence-corrected chi connectivity index (χ2v) is 3.31. The largest absolute Gasteiger partial charge is 0.397 e. The Kier molecular flexibility index (Phi) is 2.33. The van der Waals surface area contributed by atoms with E-state index in [1.807, 2.05) is 6.92 Å². The van der Waals surface area contributed by atoms with Crippen molar-refractivity contribution in [1.29, 1.82) is 0 Å². The van der Waals surface area contributed by atoms with Gasteiger partial charge in [0.05, 0.1) is 11.9 Å². The van der Waals surface area contributed by atoms with Gasteiger partial charge in [-0.3, -0.25) is 4.98 Å². The van der Waals surface area contributed by atoms with Crippen LogP contribution < -0.4 is 5.73 Å². The van der Waals surface area contributed by atoms with Gasteiger partial charge < -0.3 is 5.73 Å². The summed E-state index contributed by atoms with van der Waals surface area (Å²) >= 11 is 0. The first-order chi connectivity index (χ1) is 7.18. The summed E-state index contributed by atoms with van der Waals surface area (Å²) in [6, 6.07) is 3.39. The van der Waals surface area contributed by atoms with Crippen LogP contribution in [0.2, 0.25) is 0 Å². The standard InChI is InChI=1S/C11H10FN3/c1-7-4-9(11(12)15-5-7)8-2-3-14-6-10(8)13/h2-6H,13H2,1H3. The third-order valence-electron chi connectivity index (χ3n) is 2.12. The van der Waals surface area contributed by atoms with Gasteiger partial charge >= 0.3 is 0 Å². The highest BCUT2D eigenvalue weighted by Gasteiger charge is 2.09. The van der Waals surface area contributed by atoms with Gasteiger partial charge in [0.25, 0.3) is 0 Å². The summed E-state index contributed by atoms with van der Waals surface area (Å²) in [4.78, 5) is 7.51. The SMILES string of the molecule is Cc1cnc(F)c(-c2ccncc2N)c1. The lowest BCUT2D eigenvalue weighted by Gasteiger charge is -2.06. The first kappa shape index (κ1) is 9.58. The molecule has 2 N–H and O–H groups in total. The van der Waals surface area contributed by atoms with Crippen LogP contribution in [0.1, 0.15) is 5.56 Å². The van der Waals surface area contributed by atoms with E-state index in [4.69, 9.17) is 5.73 Å². The van der Waals surface area contributed by atoms with Crippen molar-refractivity contribution in [2.75, 3.05) is 5.73 Å². The normalized spacial score (nSPS) is 10.3. The summed E-state index contributed by atoms with van der Waals surface area (Å²) in [5.74, 6) is -0.515. The van der Waals surface area contributed by atoms with E-state index in [1.165, 1.54) is 12.4 Å². The molecule has 0 unspecified atom stereocenters. The Morgan fingerprint density at radius 1 is 1.27 bits per heavy atom. The van der Waals surface area contributed by atoms with Crippen molar-refractivity contribution in [3.05, 3.63) is 42.2 Å². The van der Waals surface area contributed by atoms with Crippen LogP contribution in [0.4, 0.5) is 10.1 Å². The van der Waals surface area contributed by atoms with Crippen molar-refractivity contribution >= 4 is 5.69 Å². The van der Waals surface area contributed by atoms with Crippen molar-refractivity contribution in [2.24, 2.45) is 0 Å². The molecule has 4 heteroatoms. The van der Waals surface area contributed by atoms with Crippen molar-refractivity contribution in [3.8, 4) is 11.1 Å². The summed E-state index contributed by atoms with van der Waals surface area (Å²) in [6.45, 7) is 1.85. The maximum atomic E-state index is 13.4. The van der Waals surface area contributed by atoms with E-state index in [0.29, 0.717) is 16.8 Å². The summed E-state index contributed by atoms with van der Waals surface area (Å²) in [5.41, 5.74) is 8.09. The molecule has 3 nitrogen and oxygen atoms in total. The van der Waals surface area contributed by atoms with Crippen LogP contribution in [0, 0.1) is 12.9 Å². The van der Waals surface area contributed by atoms with Gasteiger partial charge in [-0.2, -0.15) is 4.39 Å². The smallest absolute Gasteiger partial charge is 0.220 e. The van der Waals surface area contributed by atoms with E-state index in [2.05, 4.69) is 9.97 Å². The molecule has 0 atom stereocenters. The van der Waals surface area contributed by atoms with Gasteiger partial charge in [-0.1, -0.05) is 0 Å². The molecular formula is C11H10FN3. The molecule has 0 fully saturated rings. The lowest BCUT2D eigenvalue weighted by atomic mass is 10.1. The fourth-order valence-corrected chi connectivity index (χ4v) is 1.39. The van der Waals surface area contributed by atoms with Gasteiger partial charge in [-0.05, 0) is 24.6 Å². The van der Waals surface area contributed by atoms with Crippen molar-refractivity contribution in [1.82, 2.24) is 9.97 Å². The molecule has 15 heavy (non-hydrogen) atoms. The molecule has 0 saturated heterocycles. The number of halogens is 1. The molecule has 76 valence electrons. The van der Waals surface area contributed by atoms with Crippen LogP contribution in [-0.4, -0.2) is 9.97 Å². The molecular weight excluding hydrogens is 193 g/mol. The van der Waals surface area contributed by atoms with E-state index in [0.717, 1.165) is 5.56 Å². The number of nitrogen functional groups attached to an aromatic ring is 1. The lowest BCUT2D eigenvalue weighted by Crippen LogP contribution is -1.95. The molecule has 0 saturated carbocycles. The molecule has 2 aromatic heterocycles. The Bertz CT molecular complexity index is 497. The number of aromatic nitrogens is 2. The maximum absolute atomic E-state index is 13.4. The summed E-state index contributed by atoms with van der Waals surface area (Å²) in [6.07, 6.45) is 4.56. The van der Waals surface area contributed by atoms with Gasteiger partial charge in [0.1, 0.15) is 0 Å². The third kappa shape index (κ3) is 1.79. The molecule has 0 amide bonds. The average Bonchev–Trinajstić information content (AvgIpc) is 2.23. The third-order valence-corrected chi connectivity index (χ3v) is 2.12. The summed E-state index contributed by atoms with van der Waals surface area (Å²) in [7, 11) is 0. The second kappa shape index (κ2) is 3.65. The van der Waals surface area contributed by atoms with Crippen LogP contribution in [0.25, 0.3) is 11.1 Å². The average molecular weight is 203 g/mol. The van der Waals surface area contributed by atoms with E-state index < -0.39 is 5.95 Å². The highest BCUT2D eigenvalue weighted by molar-refractivity contribution is 5.75. The van der Waals surface area contributed by atoms with Gasteiger partial charge in [0.2, 0.25) is 5.95 Å². The maximum Gasteiger partial charge on any atom is 0.220 e. The number of hydrogen-bond acceptors (Lipinski definition) is 3. The molecule has 2 rings (SSSR count). The summed E-state index contributed by atoms with van der Waals surface area (Å²) in [5, 5.41) is 0. The van der Waals surface area contributed by atoms with E-state index in [9.17, 15) is 4.39 Å². The van der Waals surface area contributed by atoms with Crippen molar-refractivity contribution in [3.63, 3.8) is 0 Å². The van der Waals surface area contributed by atoms with Gasteiger partial charge in [0, 0.05) is 23.5 Å². The zero-order valence-corrected chi connectivity index (χ0v) is 8.24. The highest BCUT2D eigenvalue weighted by Crippen LogP contribution is 2.26. The van der Waals surface area contributed by atoms with Crippen LogP contribution in [0.3, 0.4) is 0 Å². The molecule has 0 spiro atoms. The van der Waals surface area contributed by atoms with E-state index in [1.54, 1.807) is 18.3 Å². The molecule has 0 aliphatic heterocycles. The number of pyridine rings is 2. The Hall–Kier alpha value is -1.97. The summed E-state index contributed by atoms with van der Waals surface area (Å²) < 4.78 is 13.4. The number of nitrogens with zero attached hydrogens (tertiary/aromatic N) is 2. The van der Waals surface area contributed by atoms with Crippen LogP contribution in [-0.2, 0) is 0 Å². The molecule has 0 bridgehead atoms. The number of anilines is 1.